The summed E-state index contributed by atoms with van der Waals surface area (Å²) < 4.78 is 13.8. The highest BCUT2D eigenvalue weighted by Gasteiger charge is 2.35. The van der Waals surface area contributed by atoms with Crippen molar-refractivity contribution in [2.24, 2.45) is 5.92 Å². The normalized spacial score (nSPS) is 24.5. The van der Waals surface area contributed by atoms with Crippen molar-refractivity contribution in [3.63, 3.8) is 0 Å². The number of aryl methyl sites for hydroxylation is 1. The summed E-state index contributed by atoms with van der Waals surface area (Å²) >= 11 is 0. The first-order chi connectivity index (χ1) is 13.5. The highest BCUT2D eigenvalue weighted by atomic mass is 19.1. The first-order valence-electron chi connectivity index (χ1n) is 10.5. The predicted molar refractivity (Wildman–Crippen MR) is 109 cm³/mol. The molecule has 0 spiro atoms. The minimum atomic E-state index is -0.250. The third kappa shape index (κ3) is 5.31. The Morgan fingerprint density at radius 3 is 2.64 bits per heavy atom. The van der Waals surface area contributed by atoms with E-state index in [9.17, 15) is 14.3 Å². The van der Waals surface area contributed by atoms with E-state index in [4.69, 9.17) is 0 Å². The van der Waals surface area contributed by atoms with Crippen molar-refractivity contribution in [2.75, 3.05) is 52.9 Å². The van der Waals surface area contributed by atoms with Gasteiger partial charge in [-0.15, -0.1) is 0 Å². The van der Waals surface area contributed by atoms with Gasteiger partial charge in [0.1, 0.15) is 5.82 Å². The molecule has 1 N–H and O–H groups in total. The van der Waals surface area contributed by atoms with Crippen LogP contribution in [0.25, 0.3) is 0 Å². The maximum atomic E-state index is 13.8. The molecule has 2 heterocycles. The number of rotatable bonds is 6. The standard InChI is InChI=1S/C22H34FN3O2/c1-17-5-6-18(14-20(17)23)15-22(28)26-8-7-21(19(16-26)4-3-13-27)25-11-9-24(2)10-12-25/h5-6,14,19,21,27H,3-4,7-13,15-16H2,1-2H3/t19-,21+/m1/s1. The lowest BCUT2D eigenvalue weighted by molar-refractivity contribution is -0.133. The number of hydrogen-bond donors (Lipinski definition) is 1. The summed E-state index contributed by atoms with van der Waals surface area (Å²) in [5, 5.41) is 9.31. The number of benzene rings is 1. The maximum absolute atomic E-state index is 13.8. The Hall–Kier alpha value is -1.50. The van der Waals surface area contributed by atoms with Crippen LogP contribution in [-0.2, 0) is 11.2 Å². The number of likely N-dealkylation sites (tertiary alicyclic amines) is 1. The molecule has 1 aromatic carbocycles. The minimum Gasteiger partial charge on any atom is -0.396 e. The lowest BCUT2D eigenvalue weighted by Crippen LogP contribution is -2.57. The molecule has 5 nitrogen and oxygen atoms in total. The summed E-state index contributed by atoms with van der Waals surface area (Å²) in [5.41, 5.74) is 1.34. The molecule has 2 aliphatic rings. The van der Waals surface area contributed by atoms with E-state index in [-0.39, 0.29) is 24.8 Å². The van der Waals surface area contributed by atoms with Gasteiger partial charge in [-0.3, -0.25) is 9.69 Å². The molecule has 0 aliphatic carbocycles. The molecule has 2 fully saturated rings. The summed E-state index contributed by atoms with van der Waals surface area (Å²) in [7, 11) is 2.16. The van der Waals surface area contributed by atoms with Crippen LogP contribution in [-0.4, -0.2) is 84.7 Å². The molecule has 0 saturated carbocycles. The van der Waals surface area contributed by atoms with Crippen LogP contribution >= 0.6 is 0 Å². The minimum absolute atomic E-state index is 0.0779. The maximum Gasteiger partial charge on any atom is 0.227 e. The molecule has 3 rings (SSSR count). The molecular formula is C22H34FN3O2. The zero-order valence-electron chi connectivity index (χ0n) is 17.2. The Bertz CT molecular complexity index is 661. The quantitative estimate of drug-likeness (QED) is 0.805. The molecule has 0 unspecified atom stereocenters. The Morgan fingerprint density at radius 2 is 1.96 bits per heavy atom. The van der Waals surface area contributed by atoms with Crippen LogP contribution in [0.15, 0.2) is 18.2 Å². The third-order valence-corrected chi connectivity index (χ3v) is 6.38. The molecule has 0 bridgehead atoms. The lowest BCUT2D eigenvalue weighted by atomic mass is 9.86. The lowest BCUT2D eigenvalue weighted by Gasteiger charge is -2.46. The average molecular weight is 392 g/mol. The van der Waals surface area contributed by atoms with Crippen molar-refractivity contribution in [2.45, 2.75) is 38.6 Å². The second-order valence-corrected chi connectivity index (χ2v) is 8.42. The number of amides is 1. The van der Waals surface area contributed by atoms with E-state index in [0.29, 0.717) is 17.5 Å². The summed E-state index contributed by atoms with van der Waals surface area (Å²) in [4.78, 5) is 19.7. The Kier molecular flexibility index (Phi) is 7.43. The molecule has 1 amide bonds. The Morgan fingerprint density at radius 1 is 1.21 bits per heavy atom. The Labute approximate surface area is 168 Å². The van der Waals surface area contributed by atoms with Gasteiger partial charge in [-0.25, -0.2) is 4.39 Å². The second-order valence-electron chi connectivity index (χ2n) is 8.42. The highest BCUT2D eigenvalue weighted by molar-refractivity contribution is 5.79. The topological polar surface area (TPSA) is 47.0 Å². The molecule has 156 valence electrons. The summed E-state index contributed by atoms with van der Waals surface area (Å²) in [6.07, 6.45) is 2.95. The van der Waals surface area contributed by atoms with Crippen LogP contribution in [0.5, 0.6) is 0 Å². The number of halogens is 1. The molecule has 0 radical (unpaired) electrons. The highest BCUT2D eigenvalue weighted by Crippen LogP contribution is 2.27. The van der Waals surface area contributed by atoms with Crippen LogP contribution in [0.2, 0.25) is 0 Å². The van der Waals surface area contributed by atoms with Crippen LogP contribution in [0.3, 0.4) is 0 Å². The number of hydrogen-bond acceptors (Lipinski definition) is 4. The van der Waals surface area contributed by atoms with E-state index < -0.39 is 0 Å². The summed E-state index contributed by atoms with van der Waals surface area (Å²) in [5.74, 6) is 0.219. The van der Waals surface area contributed by atoms with E-state index in [1.807, 2.05) is 11.0 Å². The van der Waals surface area contributed by atoms with Crippen molar-refractivity contribution < 1.29 is 14.3 Å². The fourth-order valence-electron chi connectivity index (χ4n) is 4.55. The van der Waals surface area contributed by atoms with Crippen molar-refractivity contribution in [1.29, 1.82) is 0 Å². The van der Waals surface area contributed by atoms with E-state index >= 15 is 0 Å². The number of aliphatic hydroxyl groups is 1. The molecule has 6 heteroatoms. The van der Waals surface area contributed by atoms with Crippen molar-refractivity contribution in [3.8, 4) is 0 Å². The second kappa shape index (κ2) is 9.81. The zero-order valence-corrected chi connectivity index (χ0v) is 17.2. The molecule has 2 saturated heterocycles. The van der Waals surface area contributed by atoms with E-state index in [1.165, 1.54) is 6.07 Å². The van der Waals surface area contributed by atoms with Crippen LogP contribution < -0.4 is 0 Å². The SMILES string of the molecule is Cc1ccc(CC(=O)N2CC[C@H](N3CCN(C)CC3)[C@H](CCCO)C2)cc1F. The van der Waals surface area contributed by atoms with E-state index in [0.717, 1.165) is 64.1 Å². The van der Waals surface area contributed by atoms with Crippen LogP contribution in [0.1, 0.15) is 30.4 Å². The first kappa shape index (κ1) is 21.2. The van der Waals surface area contributed by atoms with E-state index in [1.54, 1.807) is 13.0 Å². The largest absolute Gasteiger partial charge is 0.396 e. The molecule has 28 heavy (non-hydrogen) atoms. The van der Waals surface area contributed by atoms with Gasteiger partial charge in [-0.05, 0) is 56.3 Å². The number of nitrogens with zero attached hydrogens (tertiary/aromatic N) is 3. The van der Waals surface area contributed by atoms with Gasteiger partial charge in [0.15, 0.2) is 0 Å². The van der Waals surface area contributed by atoms with Crippen LogP contribution in [0.4, 0.5) is 4.39 Å². The molecule has 0 aromatic heterocycles. The fraction of sp³-hybridized carbons (Fsp3) is 0.682. The van der Waals surface area contributed by atoms with Gasteiger partial charge in [0.25, 0.3) is 0 Å². The van der Waals surface area contributed by atoms with Gasteiger partial charge in [0.05, 0.1) is 6.42 Å². The number of piperidine rings is 1. The zero-order chi connectivity index (χ0) is 20.1. The number of carbonyl (C=O) groups excluding carboxylic acids is 1. The van der Waals surface area contributed by atoms with Crippen molar-refractivity contribution >= 4 is 5.91 Å². The summed E-state index contributed by atoms with van der Waals surface area (Å²) in [6.45, 7) is 7.76. The van der Waals surface area contributed by atoms with Gasteiger partial charge in [-0.1, -0.05) is 12.1 Å². The number of carbonyl (C=O) groups is 1. The predicted octanol–water partition coefficient (Wildman–Crippen LogP) is 1.91. The average Bonchev–Trinajstić information content (AvgIpc) is 2.69. The van der Waals surface area contributed by atoms with Gasteiger partial charge in [0.2, 0.25) is 5.91 Å². The van der Waals surface area contributed by atoms with Crippen molar-refractivity contribution in [1.82, 2.24) is 14.7 Å². The van der Waals surface area contributed by atoms with Gasteiger partial charge < -0.3 is 14.9 Å². The monoisotopic (exact) mass is 391 g/mol. The number of piperazine rings is 1. The molecular weight excluding hydrogens is 357 g/mol. The third-order valence-electron chi connectivity index (χ3n) is 6.38. The van der Waals surface area contributed by atoms with E-state index in [2.05, 4.69) is 16.8 Å². The summed E-state index contributed by atoms with van der Waals surface area (Å²) in [6, 6.07) is 5.55. The fourth-order valence-corrected chi connectivity index (χ4v) is 4.55. The molecule has 2 atom stereocenters. The first-order valence-corrected chi connectivity index (χ1v) is 10.5. The van der Waals surface area contributed by atoms with Gasteiger partial charge in [0, 0.05) is 51.9 Å². The number of aliphatic hydroxyl groups excluding tert-OH is 1. The Balaban J connectivity index is 1.62. The number of likely N-dealkylation sites (N-methyl/N-ethyl adjacent to an activating group) is 1. The molecule has 2 aliphatic heterocycles. The van der Waals surface area contributed by atoms with Crippen LogP contribution in [0, 0.1) is 18.7 Å². The van der Waals surface area contributed by atoms with Gasteiger partial charge in [-0.2, -0.15) is 0 Å². The smallest absolute Gasteiger partial charge is 0.227 e. The molecule has 1 aromatic rings. The van der Waals surface area contributed by atoms with Crippen molar-refractivity contribution in [3.05, 3.63) is 35.1 Å². The van der Waals surface area contributed by atoms with Gasteiger partial charge >= 0.3 is 0 Å².